The van der Waals surface area contributed by atoms with Crippen LogP contribution in [-0.2, 0) is 0 Å². The molecule has 7 heteroatoms. The zero-order valence-corrected chi connectivity index (χ0v) is 9.63. The minimum Gasteiger partial charge on any atom is -0.258 e. The first-order valence-corrected chi connectivity index (χ1v) is 5.17. The first-order valence-electron chi connectivity index (χ1n) is 4.79. The lowest BCUT2D eigenvalue weighted by atomic mass is 10.1. The molecule has 0 radical (unpaired) electrons. The normalized spacial score (nSPS) is 9.78. The number of nitro groups is 1. The summed E-state index contributed by atoms with van der Waals surface area (Å²) in [7, 11) is 0. The molecule has 1 aromatic carbocycles. The van der Waals surface area contributed by atoms with Crippen LogP contribution in [0.5, 0.6) is 0 Å². The molecule has 0 saturated heterocycles. The molecule has 0 spiro atoms. The second kappa shape index (κ2) is 4.77. The van der Waals surface area contributed by atoms with Crippen molar-refractivity contribution >= 4 is 17.3 Å². The van der Waals surface area contributed by atoms with E-state index in [2.05, 4.69) is 9.97 Å². The minimum atomic E-state index is -0.593. The van der Waals surface area contributed by atoms with E-state index in [0.29, 0.717) is 11.1 Å². The molecule has 0 aliphatic carbocycles. The molecule has 18 heavy (non-hydrogen) atoms. The summed E-state index contributed by atoms with van der Waals surface area (Å²) in [6, 6.07) is 8.29. The molecule has 0 amide bonds. The molecule has 0 atom stereocenters. The predicted molar refractivity (Wildman–Crippen MR) is 63.8 cm³/mol. The maximum atomic E-state index is 10.9. The Kier molecular flexibility index (Phi) is 3.17. The van der Waals surface area contributed by atoms with Crippen LogP contribution in [0.15, 0.2) is 30.5 Å². The molecule has 0 unspecified atom stereocenters. The lowest BCUT2D eigenvalue weighted by molar-refractivity contribution is -0.384. The first kappa shape index (κ1) is 12.0. The van der Waals surface area contributed by atoms with Crippen molar-refractivity contribution in [2.24, 2.45) is 0 Å². The molecule has 1 aromatic heterocycles. The lowest BCUT2D eigenvalue weighted by Crippen LogP contribution is -1.97. The van der Waals surface area contributed by atoms with Crippen LogP contribution in [0.1, 0.15) is 5.56 Å². The van der Waals surface area contributed by atoms with Crippen LogP contribution in [0, 0.1) is 21.4 Å². The van der Waals surface area contributed by atoms with Crippen LogP contribution in [-0.4, -0.2) is 14.9 Å². The molecule has 0 bridgehead atoms. The Hall–Kier alpha value is -2.52. The van der Waals surface area contributed by atoms with Gasteiger partial charge in [-0.25, -0.2) is 9.97 Å². The minimum absolute atomic E-state index is 0.0852. The van der Waals surface area contributed by atoms with Crippen molar-refractivity contribution in [3.8, 4) is 17.3 Å². The highest BCUT2D eigenvalue weighted by Gasteiger charge is 2.18. The van der Waals surface area contributed by atoms with Gasteiger partial charge in [0.05, 0.1) is 16.6 Å². The average Bonchev–Trinajstić information content (AvgIpc) is 2.38. The summed E-state index contributed by atoms with van der Waals surface area (Å²) in [6.07, 6.45) is 1.05. The van der Waals surface area contributed by atoms with Gasteiger partial charge < -0.3 is 0 Å². The maximum Gasteiger partial charge on any atom is 0.313 e. The molecular formula is C11H5ClN4O2. The summed E-state index contributed by atoms with van der Waals surface area (Å²) in [4.78, 5) is 17.7. The van der Waals surface area contributed by atoms with E-state index in [0.717, 1.165) is 6.20 Å². The van der Waals surface area contributed by atoms with Gasteiger partial charge in [0.1, 0.15) is 6.20 Å². The maximum absolute atomic E-state index is 10.9. The SMILES string of the molecule is N#Cc1cccc(-c2nc(Cl)ncc2[N+](=O)[O-])c1. The Morgan fingerprint density at radius 3 is 2.89 bits per heavy atom. The van der Waals surface area contributed by atoms with Gasteiger partial charge in [-0.15, -0.1) is 0 Å². The van der Waals surface area contributed by atoms with Crippen molar-refractivity contribution in [3.05, 3.63) is 51.4 Å². The van der Waals surface area contributed by atoms with Crippen LogP contribution >= 0.6 is 11.6 Å². The second-order valence-electron chi connectivity index (χ2n) is 3.32. The van der Waals surface area contributed by atoms with E-state index in [1.54, 1.807) is 18.2 Å². The standard InChI is InChI=1S/C11H5ClN4O2/c12-11-14-6-9(16(17)18)10(15-11)8-3-1-2-7(4-8)5-13/h1-4,6H. The summed E-state index contributed by atoms with van der Waals surface area (Å²) >= 11 is 5.64. The van der Waals surface area contributed by atoms with E-state index in [9.17, 15) is 10.1 Å². The van der Waals surface area contributed by atoms with Gasteiger partial charge in [0.25, 0.3) is 0 Å². The molecule has 6 nitrogen and oxygen atoms in total. The highest BCUT2D eigenvalue weighted by Crippen LogP contribution is 2.28. The second-order valence-corrected chi connectivity index (χ2v) is 3.66. The Morgan fingerprint density at radius 2 is 2.22 bits per heavy atom. The van der Waals surface area contributed by atoms with Crippen LogP contribution in [0.2, 0.25) is 5.28 Å². The first-order chi connectivity index (χ1) is 8.61. The lowest BCUT2D eigenvalue weighted by Gasteiger charge is -2.02. The third-order valence-electron chi connectivity index (χ3n) is 2.20. The zero-order valence-electron chi connectivity index (χ0n) is 8.87. The molecule has 0 aliphatic heterocycles. The van der Waals surface area contributed by atoms with E-state index in [1.807, 2.05) is 6.07 Å². The average molecular weight is 261 g/mol. The van der Waals surface area contributed by atoms with Crippen molar-refractivity contribution in [2.75, 3.05) is 0 Å². The quantitative estimate of drug-likeness (QED) is 0.470. The fraction of sp³-hybridized carbons (Fsp3) is 0. The smallest absolute Gasteiger partial charge is 0.258 e. The van der Waals surface area contributed by atoms with Gasteiger partial charge >= 0.3 is 5.69 Å². The van der Waals surface area contributed by atoms with Crippen LogP contribution in [0.3, 0.4) is 0 Å². The Balaban J connectivity index is 2.66. The third kappa shape index (κ3) is 2.26. The predicted octanol–water partition coefficient (Wildman–Crippen LogP) is 2.58. The monoisotopic (exact) mass is 260 g/mol. The van der Waals surface area contributed by atoms with Gasteiger partial charge in [-0.05, 0) is 23.7 Å². The molecule has 88 valence electrons. The van der Waals surface area contributed by atoms with E-state index < -0.39 is 4.92 Å². The van der Waals surface area contributed by atoms with Crippen LogP contribution in [0.25, 0.3) is 11.3 Å². The Labute approximate surface area is 107 Å². The molecule has 0 N–H and O–H groups in total. The van der Waals surface area contributed by atoms with Gasteiger partial charge in [0.15, 0.2) is 5.69 Å². The summed E-state index contributed by atoms with van der Waals surface area (Å²) < 4.78 is 0. The van der Waals surface area contributed by atoms with E-state index in [1.165, 1.54) is 6.07 Å². The number of benzene rings is 1. The molecule has 2 aromatic rings. The fourth-order valence-corrected chi connectivity index (χ4v) is 1.57. The van der Waals surface area contributed by atoms with Crippen molar-refractivity contribution in [1.82, 2.24) is 9.97 Å². The van der Waals surface area contributed by atoms with Crippen molar-refractivity contribution < 1.29 is 4.92 Å². The number of halogens is 1. The summed E-state index contributed by atoms with van der Waals surface area (Å²) in [5, 5.41) is 19.6. The molecular weight excluding hydrogens is 256 g/mol. The Bertz CT molecular complexity index is 666. The Morgan fingerprint density at radius 1 is 1.44 bits per heavy atom. The summed E-state index contributed by atoms with van der Waals surface area (Å²) in [5.41, 5.74) is 0.674. The fourth-order valence-electron chi connectivity index (χ4n) is 1.44. The number of nitriles is 1. The largest absolute Gasteiger partial charge is 0.313 e. The molecule has 0 saturated carbocycles. The van der Waals surface area contributed by atoms with E-state index >= 15 is 0 Å². The third-order valence-corrected chi connectivity index (χ3v) is 2.38. The number of hydrogen-bond donors (Lipinski definition) is 0. The summed E-state index contributed by atoms with van der Waals surface area (Å²) in [6.45, 7) is 0. The van der Waals surface area contributed by atoms with Gasteiger partial charge in [-0.3, -0.25) is 10.1 Å². The van der Waals surface area contributed by atoms with E-state index in [4.69, 9.17) is 16.9 Å². The molecule has 2 rings (SSSR count). The van der Waals surface area contributed by atoms with Crippen molar-refractivity contribution in [1.29, 1.82) is 5.26 Å². The number of aromatic nitrogens is 2. The van der Waals surface area contributed by atoms with Gasteiger partial charge in [0, 0.05) is 5.56 Å². The highest BCUT2D eigenvalue weighted by molar-refractivity contribution is 6.28. The molecule has 0 aliphatic rings. The van der Waals surface area contributed by atoms with Gasteiger partial charge in [0.2, 0.25) is 5.28 Å². The van der Waals surface area contributed by atoms with Gasteiger partial charge in [-0.1, -0.05) is 12.1 Å². The molecule has 1 heterocycles. The molecule has 0 fully saturated rings. The topological polar surface area (TPSA) is 92.7 Å². The van der Waals surface area contributed by atoms with Crippen molar-refractivity contribution in [2.45, 2.75) is 0 Å². The number of hydrogen-bond acceptors (Lipinski definition) is 5. The zero-order chi connectivity index (χ0) is 13.1. The van der Waals surface area contributed by atoms with Crippen LogP contribution < -0.4 is 0 Å². The van der Waals surface area contributed by atoms with Crippen molar-refractivity contribution in [3.63, 3.8) is 0 Å². The van der Waals surface area contributed by atoms with Gasteiger partial charge in [-0.2, -0.15) is 5.26 Å². The summed E-state index contributed by atoms with van der Waals surface area (Å²) in [5.74, 6) is 0. The number of nitrogens with zero attached hydrogens (tertiary/aromatic N) is 4. The number of rotatable bonds is 2. The van der Waals surface area contributed by atoms with E-state index in [-0.39, 0.29) is 16.7 Å². The van der Waals surface area contributed by atoms with Crippen LogP contribution in [0.4, 0.5) is 5.69 Å². The highest BCUT2D eigenvalue weighted by atomic mass is 35.5.